The third-order valence-corrected chi connectivity index (χ3v) is 7.76. The topological polar surface area (TPSA) is 52.6 Å². The predicted molar refractivity (Wildman–Crippen MR) is 99.0 cm³/mol. The average Bonchev–Trinajstić information content (AvgIpc) is 2.83. The first-order valence-electron chi connectivity index (χ1n) is 9.44. The van der Waals surface area contributed by atoms with Crippen LogP contribution in [0.15, 0.2) is 28.7 Å². The number of rotatable bonds is 2. The fourth-order valence-corrected chi connectivity index (χ4v) is 6.95. The van der Waals surface area contributed by atoms with Crippen molar-refractivity contribution in [3.63, 3.8) is 0 Å². The molecular formula is C20H25BrN2O2. The van der Waals surface area contributed by atoms with Crippen LogP contribution in [0.2, 0.25) is 0 Å². The third kappa shape index (κ3) is 2.31. The quantitative estimate of drug-likeness (QED) is 0.790. The standard InChI is InChI=1S/C20H25BrN2O2/c1-19(15-3-2-4-16(21)7-15)11-22-18(24)23(19)17-13-5-12-6-14(17)10-20(25,8-12)9-13/h2-4,7,12-14,17,25H,5-6,8-11H2,1H3,(H,22,24). The van der Waals surface area contributed by atoms with Gasteiger partial charge in [0.2, 0.25) is 0 Å². The number of urea groups is 1. The van der Waals surface area contributed by atoms with E-state index in [1.807, 2.05) is 12.1 Å². The van der Waals surface area contributed by atoms with E-state index in [9.17, 15) is 9.90 Å². The van der Waals surface area contributed by atoms with Crippen LogP contribution >= 0.6 is 15.9 Å². The second-order valence-electron chi connectivity index (χ2n) is 9.00. The summed E-state index contributed by atoms with van der Waals surface area (Å²) in [6.07, 6.45) is 5.04. The summed E-state index contributed by atoms with van der Waals surface area (Å²) in [6.45, 7) is 2.83. The van der Waals surface area contributed by atoms with Gasteiger partial charge in [0.05, 0.1) is 11.1 Å². The van der Waals surface area contributed by atoms with Gasteiger partial charge in [-0.25, -0.2) is 4.79 Å². The number of aliphatic hydroxyl groups is 1. The highest BCUT2D eigenvalue weighted by Gasteiger charge is 2.60. The van der Waals surface area contributed by atoms with Crippen LogP contribution in [-0.2, 0) is 5.54 Å². The average molecular weight is 405 g/mol. The lowest BCUT2D eigenvalue weighted by Gasteiger charge is -2.61. The summed E-state index contributed by atoms with van der Waals surface area (Å²) in [6, 6.07) is 8.65. The van der Waals surface area contributed by atoms with E-state index in [0.717, 1.165) is 23.7 Å². The zero-order chi connectivity index (χ0) is 17.4. The van der Waals surface area contributed by atoms with Gasteiger partial charge in [-0.15, -0.1) is 0 Å². The number of nitrogens with one attached hydrogen (secondary N) is 1. The maximum Gasteiger partial charge on any atom is 0.318 e. The van der Waals surface area contributed by atoms with Crippen molar-refractivity contribution < 1.29 is 9.90 Å². The molecule has 4 saturated carbocycles. The fourth-order valence-electron chi connectivity index (χ4n) is 6.55. The van der Waals surface area contributed by atoms with Gasteiger partial charge < -0.3 is 15.3 Å². The number of nitrogens with zero attached hydrogens (tertiary/aromatic N) is 1. The molecule has 1 aliphatic heterocycles. The van der Waals surface area contributed by atoms with Crippen molar-refractivity contribution in [2.24, 2.45) is 17.8 Å². The van der Waals surface area contributed by atoms with Gasteiger partial charge >= 0.3 is 6.03 Å². The van der Waals surface area contributed by atoms with E-state index in [1.54, 1.807) is 0 Å². The Balaban J connectivity index is 1.54. The summed E-state index contributed by atoms with van der Waals surface area (Å²) in [5.74, 6) is 1.53. The molecule has 4 bridgehead atoms. The smallest absolute Gasteiger partial charge is 0.318 e. The minimum absolute atomic E-state index is 0.0620. The van der Waals surface area contributed by atoms with Crippen LogP contribution in [-0.4, -0.2) is 34.2 Å². The van der Waals surface area contributed by atoms with E-state index in [4.69, 9.17) is 0 Å². The Morgan fingerprint density at radius 1 is 1.24 bits per heavy atom. The van der Waals surface area contributed by atoms with E-state index in [-0.39, 0.29) is 17.6 Å². The Labute approximate surface area is 157 Å². The molecule has 0 radical (unpaired) electrons. The zero-order valence-electron chi connectivity index (χ0n) is 14.5. The number of hydrogen-bond acceptors (Lipinski definition) is 2. The van der Waals surface area contributed by atoms with Gasteiger partial charge in [0, 0.05) is 17.1 Å². The summed E-state index contributed by atoms with van der Waals surface area (Å²) >= 11 is 3.58. The van der Waals surface area contributed by atoms with Crippen molar-refractivity contribution in [2.45, 2.75) is 56.2 Å². The van der Waals surface area contributed by atoms with Crippen LogP contribution in [0.5, 0.6) is 0 Å². The molecule has 5 fully saturated rings. The molecule has 0 spiro atoms. The van der Waals surface area contributed by atoms with Crippen LogP contribution in [0, 0.1) is 17.8 Å². The summed E-state index contributed by atoms with van der Waals surface area (Å²) in [7, 11) is 0. The molecule has 1 heterocycles. The Morgan fingerprint density at radius 3 is 2.60 bits per heavy atom. The van der Waals surface area contributed by atoms with Gasteiger partial charge in [-0.2, -0.15) is 0 Å². The SMILES string of the molecule is CC1(c2cccc(Br)c2)CNC(=O)N1C1C2CC3CC1CC(O)(C3)C2. The Bertz CT molecular complexity index is 722. The van der Waals surface area contributed by atoms with Crippen LogP contribution in [0.25, 0.3) is 0 Å². The minimum Gasteiger partial charge on any atom is -0.390 e. The fraction of sp³-hybridized carbons (Fsp3) is 0.650. The van der Waals surface area contributed by atoms with E-state index < -0.39 is 5.60 Å². The van der Waals surface area contributed by atoms with Gasteiger partial charge in [0.15, 0.2) is 0 Å². The molecule has 1 aromatic carbocycles. The van der Waals surface area contributed by atoms with E-state index >= 15 is 0 Å². The summed E-state index contributed by atoms with van der Waals surface area (Å²) in [4.78, 5) is 15.0. The van der Waals surface area contributed by atoms with Crippen molar-refractivity contribution in [1.29, 1.82) is 0 Å². The first-order chi connectivity index (χ1) is 11.9. The van der Waals surface area contributed by atoms with Crippen molar-refractivity contribution in [3.05, 3.63) is 34.3 Å². The molecule has 25 heavy (non-hydrogen) atoms. The molecule has 2 amide bonds. The van der Waals surface area contributed by atoms with Gasteiger partial charge in [0.1, 0.15) is 0 Å². The molecule has 3 unspecified atom stereocenters. The lowest BCUT2D eigenvalue weighted by Crippen LogP contribution is -2.64. The van der Waals surface area contributed by atoms with E-state index in [2.05, 4.69) is 45.2 Å². The number of halogens is 1. The molecule has 3 atom stereocenters. The monoisotopic (exact) mass is 404 g/mol. The molecule has 1 saturated heterocycles. The highest BCUT2D eigenvalue weighted by atomic mass is 79.9. The maximum absolute atomic E-state index is 12.9. The minimum atomic E-state index is -0.463. The molecule has 134 valence electrons. The Hall–Kier alpha value is -1.07. The first kappa shape index (κ1) is 16.1. The van der Waals surface area contributed by atoms with Gasteiger partial charge in [0.25, 0.3) is 0 Å². The Kier molecular flexibility index (Phi) is 3.37. The zero-order valence-corrected chi connectivity index (χ0v) is 16.1. The summed E-state index contributed by atoms with van der Waals surface area (Å²) in [5.41, 5.74) is 0.381. The van der Waals surface area contributed by atoms with Gasteiger partial charge in [-0.05, 0) is 74.5 Å². The van der Waals surface area contributed by atoms with Crippen molar-refractivity contribution in [1.82, 2.24) is 10.2 Å². The maximum atomic E-state index is 12.9. The van der Waals surface area contributed by atoms with Crippen molar-refractivity contribution in [3.8, 4) is 0 Å². The molecule has 5 aliphatic rings. The van der Waals surface area contributed by atoms with Crippen LogP contribution in [0.1, 0.15) is 44.6 Å². The molecular weight excluding hydrogens is 380 g/mol. The highest BCUT2D eigenvalue weighted by Crippen LogP contribution is 2.58. The van der Waals surface area contributed by atoms with Crippen molar-refractivity contribution >= 4 is 22.0 Å². The molecule has 1 aromatic rings. The number of carbonyl (C=O) groups excluding carboxylic acids is 1. The summed E-state index contributed by atoms with van der Waals surface area (Å²) in [5, 5.41) is 14.0. The van der Waals surface area contributed by atoms with Gasteiger partial charge in [-0.1, -0.05) is 28.1 Å². The predicted octanol–water partition coefficient (Wildman–Crippen LogP) is 3.63. The highest BCUT2D eigenvalue weighted by molar-refractivity contribution is 9.10. The number of hydrogen-bond donors (Lipinski definition) is 2. The summed E-state index contributed by atoms with van der Waals surface area (Å²) < 4.78 is 1.05. The van der Waals surface area contributed by atoms with Gasteiger partial charge in [-0.3, -0.25) is 0 Å². The van der Waals surface area contributed by atoms with Crippen LogP contribution < -0.4 is 5.32 Å². The molecule has 2 N–H and O–H groups in total. The number of amides is 2. The molecule has 5 heteroatoms. The van der Waals surface area contributed by atoms with E-state index in [1.165, 1.54) is 18.4 Å². The molecule has 6 rings (SSSR count). The number of carbonyl (C=O) groups is 1. The van der Waals surface area contributed by atoms with Crippen molar-refractivity contribution in [2.75, 3.05) is 6.54 Å². The lowest BCUT2D eigenvalue weighted by molar-refractivity contribution is -0.160. The molecule has 4 aliphatic carbocycles. The van der Waals surface area contributed by atoms with E-state index in [0.29, 0.717) is 24.3 Å². The molecule has 0 aromatic heterocycles. The normalized spacial score (nSPS) is 45.1. The Morgan fingerprint density at radius 2 is 1.96 bits per heavy atom. The largest absolute Gasteiger partial charge is 0.390 e. The first-order valence-corrected chi connectivity index (χ1v) is 10.2. The second-order valence-corrected chi connectivity index (χ2v) is 9.91. The molecule has 4 nitrogen and oxygen atoms in total. The second kappa shape index (κ2) is 5.23. The lowest BCUT2D eigenvalue weighted by atomic mass is 9.51. The van der Waals surface area contributed by atoms with Crippen LogP contribution in [0.4, 0.5) is 4.79 Å². The third-order valence-electron chi connectivity index (χ3n) is 7.27. The number of benzene rings is 1. The van der Waals surface area contributed by atoms with Crippen LogP contribution in [0.3, 0.4) is 0 Å².